The van der Waals surface area contributed by atoms with Crippen molar-refractivity contribution in [3.8, 4) is 0 Å². The molecule has 1 atom stereocenters. The molecule has 19 heavy (non-hydrogen) atoms. The van der Waals surface area contributed by atoms with Gasteiger partial charge in [0, 0.05) is 23.6 Å². The van der Waals surface area contributed by atoms with Crippen molar-refractivity contribution in [1.82, 2.24) is 5.32 Å². The van der Waals surface area contributed by atoms with E-state index in [1.165, 1.54) is 6.92 Å². The summed E-state index contributed by atoms with van der Waals surface area (Å²) < 4.78 is 0. The van der Waals surface area contributed by atoms with Gasteiger partial charge in [0.15, 0.2) is 0 Å². The average Bonchev–Trinajstić information content (AvgIpc) is 2.58. The van der Waals surface area contributed by atoms with Gasteiger partial charge in [-0.3, -0.25) is 9.59 Å². The van der Waals surface area contributed by atoms with E-state index in [9.17, 15) is 9.59 Å². The number of anilines is 1. The molecule has 1 aliphatic rings. The van der Waals surface area contributed by atoms with Crippen molar-refractivity contribution in [2.24, 2.45) is 0 Å². The van der Waals surface area contributed by atoms with Crippen LogP contribution in [0.2, 0.25) is 10.0 Å². The van der Waals surface area contributed by atoms with Crippen molar-refractivity contribution in [3.05, 3.63) is 27.7 Å². The molecule has 1 N–H and O–H groups in total. The van der Waals surface area contributed by atoms with Crippen LogP contribution in [0.15, 0.2) is 12.1 Å². The fourth-order valence-electron chi connectivity index (χ4n) is 2.30. The number of halogens is 2. The van der Waals surface area contributed by atoms with Crippen LogP contribution in [0.4, 0.5) is 5.69 Å². The van der Waals surface area contributed by atoms with Gasteiger partial charge in [-0.25, -0.2) is 0 Å². The molecule has 102 valence electrons. The molecule has 2 rings (SSSR count). The zero-order valence-electron chi connectivity index (χ0n) is 10.8. The lowest BCUT2D eigenvalue weighted by molar-refractivity contribution is -0.126. The van der Waals surface area contributed by atoms with Gasteiger partial charge >= 0.3 is 0 Å². The fourth-order valence-corrected chi connectivity index (χ4v) is 2.82. The van der Waals surface area contributed by atoms with E-state index in [-0.39, 0.29) is 17.9 Å². The van der Waals surface area contributed by atoms with Crippen LogP contribution in [0, 0.1) is 0 Å². The summed E-state index contributed by atoms with van der Waals surface area (Å²) >= 11 is 12.3. The SMILES string of the molecule is CC(=O)NC1C(=O)N(C(C)C)c2c(Cl)ccc(Cl)c21. The van der Waals surface area contributed by atoms with E-state index < -0.39 is 6.04 Å². The molecule has 0 bridgehead atoms. The van der Waals surface area contributed by atoms with E-state index in [1.807, 2.05) is 13.8 Å². The van der Waals surface area contributed by atoms with Crippen LogP contribution in [-0.4, -0.2) is 17.9 Å². The molecule has 2 amide bonds. The second-order valence-electron chi connectivity index (χ2n) is 4.73. The lowest BCUT2D eigenvalue weighted by Gasteiger charge is -2.23. The van der Waals surface area contributed by atoms with E-state index in [0.717, 1.165) is 0 Å². The molecule has 1 unspecified atom stereocenters. The molecule has 0 spiro atoms. The third-order valence-corrected chi connectivity index (χ3v) is 3.63. The Kier molecular flexibility index (Phi) is 3.74. The van der Waals surface area contributed by atoms with Gasteiger partial charge < -0.3 is 10.2 Å². The second-order valence-corrected chi connectivity index (χ2v) is 5.54. The largest absolute Gasteiger partial charge is 0.341 e. The van der Waals surface area contributed by atoms with Gasteiger partial charge in [-0.05, 0) is 26.0 Å². The number of nitrogens with zero attached hydrogens (tertiary/aromatic N) is 1. The van der Waals surface area contributed by atoms with E-state index in [1.54, 1.807) is 17.0 Å². The zero-order valence-corrected chi connectivity index (χ0v) is 12.3. The van der Waals surface area contributed by atoms with Crippen LogP contribution in [0.25, 0.3) is 0 Å². The van der Waals surface area contributed by atoms with Crippen molar-refractivity contribution in [2.45, 2.75) is 32.9 Å². The molecular weight excluding hydrogens is 287 g/mol. The number of amides is 2. The molecule has 0 saturated heterocycles. The molecular formula is C13H14Cl2N2O2. The molecule has 0 radical (unpaired) electrons. The van der Waals surface area contributed by atoms with Crippen LogP contribution in [-0.2, 0) is 9.59 Å². The van der Waals surface area contributed by atoms with Crippen LogP contribution in [0.5, 0.6) is 0 Å². The standard InChI is InChI=1S/C13H14Cl2N2O2/c1-6(2)17-12-9(15)5-4-8(14)10(12)11(13(17)19)16-7(3)18/h4-6,11H,1-3H3,(H,16,18). The first-order chi connectivity index (χ1) is 8.84. The molecule has 0 aliphatic carbocycles. The summed E-state index contributed by atoms with van der Waals surface area (Å²) in [5.41, 5.74) is 1.16. The van der Waals surface area contributed by atoms with E-state index in [4.69, 9.17) is 23.2 Å². The van der Waals surface area contributed by atoms with Gasteiger partial charge in [0.05, 0.1) is 10.7 Å². The Hall–Kier alpha value is -1.26. The number of carbonyl (C=O) groups excluding carboxylic acids is 2. The summed E-state index contributed by atoms with van der Waals surface area (Å²) in [7, 11) is 0. The van der Waals surface area contributed by atoms with Gasteiger partial charge in [-0.1, -0.05) is 23.2 Å². The predicted octanol–water partition coefficient (Wildman–Crippen LogP) is 2.93. The lowest BCUT2D eigenvalue weighted by Crippen LogP contribution is -2.40. The molecule has 1 heterocycles. The smallest absolute Gasteiger partial charge is 0.254 e. The Labute approximate surface area is 121 Å². The Morgan fingerprint density at radius 3 is 2.42 bits per heavy atom. The third-order valence-electron chi connectivity index (χ3n) is 2.99. The van der Waals surface area contributed by atoms with Crippen LogP contribution in [0.1, 0.15) is 32.4 Å². The quantitative estimate of drug-likeness (QED) is 0.913. The van der Waals surface area contributed by atoms with Crippen molar-refractivity contribution < 1.29 is 9.59 Å². The van der Waals surface area contributed by atoms with Crippen molar-refractivity contribution in [1.29, 1.82) is 0 Å². The number of rotatable bonds is 2. The molecule has 0 saturated carbocycles. The minimum absolute atomic E-state index is 0.0685. The number of benzene rings is 1. The molecule has 0 aromatic heterocycles. The molecule has 1 aromatic rings. The highest BCUT2D eigenvalue weighted by molar-refractivity contribution is 6.38. The Morgan fingerprint density at radius 2 is 1.89 bits per heavy atom. The Morgan fingerprint density at radius 1 is 1.32 bits per heavy atom. The van der Waals surface area contributed by atoms with Gasteiger partial charge in [0.2, 0.25) is 5.91 Å². The summed E-state index contributed by atoms with van der Waals surface area (Å²) in [5, 5.41) is 3.51. The van der Waals surface area contributed by atoms with Gasteiger partial charge in [-0.15, -0.1) is 0 Å². The van der Waals surface area contributed by atoms with Crippen molar-refractivity contribution >= 4 is 40.7 Å². The zero-order chi connectivity index (χ0) is 14.3. The molecule has 1 aliphatic heterocycles. The third kappa shape index (κ3) is 2.30. The minimum Gasteiger partial charge on any atom is -0.341 e. The maximum Gasteiger partial charge on any atom is 0.254 e. The Balaban J connectivity index is 2.63. The highest BCUT2D eigenvalue weighted by atomic mass is 35.5. The highest BCUT2D eigenvalue weighted by Gasteiger charge is 2.42. The van der Waals surface area contributed by atoms with Gasteiger partial charge in [0.25, 0.3) is 5.91 Å². The summed E-state index contributed by atoms with van der Waals surface area (Å²) in [4.78, 5) is 25.3. The number of hydrogen-bond donors (Lipinski definition) is 1. The van der Waals surface area contributed by atoms with E-state index >= 15 is 0 Å². The molecule has 6 heteroatoms. The first-order valence-electron chi connectivity index (χ1n) is 5.92. The Bertz CT molecular complexity index is 558. The number of nitrogens with one attached hydrogen (secondary N) is 1. The number of fused-ring (bicyclic) bond motifs is 1. The maximum absolute atomic E-state index is 12.4. The monoisotopic (exact) mass is 300 g/mol. The van der Waals surface area contributed by atoms with Gasteiger partial charge in [-0.2, -0.15) is 0 Å². The molecule has 4 nitrogen and oxygen atoms in total. The number of hydrogen-bond acceptors (Lipinski definition) is 2. The average molecular weight is 301 g/mol. The number of carbonyl (C=O) groups is 2. The first-order valence-corrected chi connectivity index (χ1v) is 6.68. The molecule has 0 fully saturated rings. The topological polar surface area (TPSA) is 49.4 Å². The van der Waals surface area contributed by atoms with Crippen LogP contribution in [0.3, 0.4) is 0 Å². The lowest BCUT2D eigenvalue weighted by atomic mass is 10.1. The van der Waals surface area contributed by atoms with Crippen molar-refractivity contribution in [3.63, 3.8) is 0 Å². The summed E-state index contributed by atoms with van der Waals surface area (Å²) in [6.45, 7) is 5.13. The summed E-state index contributed by atoms with van der Waals surface area (Å²) in [6.07, 6.45) is 0. The van der Waals surface area contributed by atoms with Crippen molar-refractivity contribution in [2.75, 3.05) is 4.90 Å². The second kappa shape index (κ2) is 5.02. The maximum atomic E-state index is 12.4. The first kappa shape index (κ1) is 14.2. The van der Waals surface area contributed by atoms with E-state index in [0.29, 0.717) is 21.3 Å². The highest BCUT2D eigenvalue weighted by Crippen LogP contribution is 2.45. The van der Waals surface area contributed by atoms with Gasteiger partial charge in [0.1, 0.15) is 6.04 Å². The fraction of sp³-hybridized carbons (Fsp3) is 0.385. The van der Waals surface area contributed by atoms with Crippen LogP contribution < -0.4 is 10.2 Å². The summed E-state index contributed by atoms with van der Waals surface area (Å²) in [5.74, 6) is -0.499. The van der Waals surface area contributed by atoms with E-state index in [2.05, 4.69) is 5.32 Å². The predicted molar refractivity (Wildman–Crippen MR) is 75.6 cm³/mol. The van der Waals surface area contributed by atoms with Crippen LogP contribution >= 0.6 is 23.2 Å². The summed E-state index contributed by atoms with van der Waals surface area (Å²) in [6, 6.07) is 2.46. The normalized spacial score (nSPS) is 17.9. The minimum atomic E-state index is -0.763. The molecule has 1 aromatic carbocycles.